The number of hydrogen-bond donors (Lipinski definition) is 0. The van der Waals surface area contributed by atoms with E-state index in [-0.39, 0.29) is 17.0 Å². The first-order chi connectivity index (χ1) is 15.4. The van der Waals surface area contributed by atoms with Gasteiger partial charge in [-0.05, 0) is 61.2 Å². The van der Waals surface area contributed by atoms with Gasteiger partial charge in [-0.2, -0.15) is 0 Å². The predicted octanol–water partition coefficient (Wildman–Crippen LogP) is 4.03. The summed E-state index contributed by atoms with van der Waals surface area (Å²) in [5.41, 5.74) is 8.34. The highest BCUT2D eigenvalue weighted by Gasteiger charge is 2.44. The summed E-state index contributed by atoms with van der Waals surface area (Å²) < 4.78 is 0. The van der Waals surface area contributed by atoms with Crippen LogP contribution in [-0.2, 0) is 0 Å². The summed E-state index contributed by atoms with van der Waals surface area (Å²) in [4.78, 5) is 2.82. The number of nitrogens with zero attached hydrogens (tertiary/aromatic N) is 3. The van der Waals surface area contributed by atoms with Crippen molar-refractivity contribution in [3.63, 3.8) is 0 Å². The van der Waals surface area contributed by atoms with Crippen LogP contribution in [0.3, 0.4) is 0 Å². The Kier molecular flexibility index (Phi) is 12.1. The molecule has 0 unspecified atom stereocenters. The second-order valence-electron chi connectivity index (χ2n) is 7.97. The molecule has 0 aromatic heterocycles. The molecule has 0 saturated heterocycles. The van der Waals surface area contributed by atoms with Crippen LogP contribution in [0.4, 0.5) is 0 Å². The highest BCUT2D eigenvalue weighted by molar-refractivity contribution is 7.95. The molecule has 0 bridgehead atoms. The van der Waals surface area contributed by atoms with Crippen molar-refractivity contribution in [1.29, 1.82) is 0 Å². The van der Waals surface area contributed by atoms with E-state index in [2.05, 4.69) is 101 Å². The SMILES string of the molecule is [Br-].[N-]=[N+]=NCCCCCCCCC[P+](c1ccccc1)(c1ccccc1)c1ccccc1. The van der Waals surface area contributed by atoms with Crippen LogP contribution >= 0.6 is 7.26 Å². The molecule has 0 aliphatic carbocycles. The van der Waals surface area contributed by atoms with Gasteiger partial charge in [-0.15, -0.1) is 0 Å². The molecule has 168 valence electrons. The van der Waals surface area contributed by atoms with E-state index in [1.165, 1.54) is 54.2 Å². The molecular formula is C27H33BrN3P. The second kappa shape index (κ2) is 14.9. The van der Waals surface area contributed by atoms with Gasteiger partial charge in [0.15, 0.2) is 0 Å². The molecule has 3 rings (SSSR count). The zero-order chi connectivity index (χ0) is 21.6. The molecule has 5 heteroatoms. The predicted molar refractivity (Wildman–Crippen MR) is 136 cm³/mol. The molecular weight excluding hydrogens is 477 g/mol. The van der Waals surface area contributed by atoms with Crippen molar-refractivity contribution in [2.24, 2.45) is 5.11 Å². The molecule has 0 saturated carbocycles. The first kappa shape index (κ1) is 26.1. The Bertz CT molecular complexity index is 832. The highest BCUT2D eigenvalue weighted by atomic mass is 79.9. The Balaban J connectivity index is 0.00000363. The molecule has 3 aromatic rings. The maximum Gasteiger partial charge on any atom is 0.112 e. The largest absolute Gasteiger partial charge is 1.00 e. The van der Waals surface area contributed by atoms with Crippen LogP contribution in [0, 0.1) is 0 Å². The van der Waals surface area contributed by atoms with Crippen LogP contribution in [0.2, 0.25) is 0 Å². The van der Waals surface area contributed by atoms with Crippen LogP contribution in [-0.4, -0.2) is 12.7 Å². The average Bonchev–Trinajstić information content (AvgIpc) is 2.84. The molecule has 0 amide bonds. The van der Waals surface area contributed by atoms with Gasteiger partial charge in [-0.1, -0.05) is 85.4 Å². The van der Waals surface area contributed by atoms with E-state index < -0.39 is 7.26 Å². The first-order valence-corrected chi connectivity index (χ1v) is 13.4. The summed E-state index contributed by atoms with van der Waals surface area (Å²) in [5.74, 6) is 0. The van der Waals surface area contributed by atoms with Crippen LogP contribution in [0.5, 0.6) is 0 Å². The van der Waals surface area contributed by atoms with Crippen molar-refractivity contribution in [1.82, 2.24) is 0 Å². The van der Waals surface area contributed by atoms with Gasteiger partial charge in [-0.3, -0.25) is 0 Å². The molecule has 3 nitrogen and oxygen atoms in total. The second-order valence-corrected chi connectivity index (χ2v) is 11.6. The maximum absolute atomic E-state index is 8.34. The van der Waals surface area contributed by atoms with Crippen LogP contribution in [0.1, 0.15) is 44.9 Å². The summed E-state index contributed by atoms with van der Waals surface area (Å²) >= 11 is 0. The lowest BCUT2D eigenvalue weighted by molar-refractivity contribution is -0.00000626. The van der Waals surface area contributed by atoms with Crippen molar-refractivity contribution >= 4 is 23.2 Å². The van der Waals surface area contributed by atoms with Crippen molar-refractivity contribution in [3.8, 4) is 0 Å². The number of azide groups is 1. The Hall–Kier alpha value is -2.12. The van der Waals surface area contributed by atoms with E-state index in [9.17, 15) is 0 Å². The smallest absolute Gasteiger partial charge is 0.112 e. The monoisotopic (exact) mass is 509 g/mol. The van der Waals surface area contributed by atoms with Gasteiger partial charge in [-0.25, -0.2) is 0 Å². The molecule has 0 fully saturated rings. The number of hydrogen-bond acceptors (Lipinski definition) is 1. The first-order valence-electron chi connectivity index (χ1n) is 11.4. The average molecular weight is 510 g/mol. The number of benzene rings is 3. The molecule has 0 aliphatic rings. The fourth-order valence-electron chi connectivity index (χ4n) is 4.34. The molecule has 0 heterocycles. The molecule has 0 aliphatic heterocycles. The van der Waals surface area contributed by atoms with E-state index in [1.807, 2.05) is 0 Å². The number of halogens is 1. The molecule has 0 N–H and O–H groups in total. The standard InChI is InChI=1S/C27H33N3P.BrH/c28-30-29-23-15-4-2-1-3-5-16-24-31(25-17-9-6-10-18-25,26-19-11-7-12-20-26)27-21-13-8-14-22-27;/h6-14,17-22H,1-5,15-16,23-24H2;1H/q+1;/p-1. The molecule has 0 radical (unpaired) electrons. The molecule has 32 heavy (non-hydrogen) atoms. The van der Waals surface area contributed by atoms with Gasteiger partial charge in [0.1, 0.15) is 23.2 Å². The van der Waals surface area contributed by atoms with E-state index in [1.54, 1.807) is 0 Å². The van der Waals surface area contributed by atoms with Crippen molar-refractivity contribution in [2.45, 2.75) is 44.9 Å². The van der Waals surface area contributed by atoms with Crippen molar-refractivity contribution in [3.05, 3.63) is 101 Å². The maximum atomic E-state index is 8.34. The topological polar surface area (TPSA) is 48.8 Å². The summed E-state index contributed by atoms with van der Waals surface area (Å²) in [6.07, 6.45) is 9.67. The van der Waals surface area contributed by atoms with E-state index >= 15 is 0 Å². The fourth-order valence-corrected chi connectivity index (χ4v) is 8.75. The van der Waals surface area contributed by atoms with Crippen LogP contribution in [0.25, 0.3) is 10.4 Å². The van der Waals surface area contributed by atoms with E-state index in [4.69, 9.17) is 5.53 Å². The molecule has 0 atom stereocenters. The number of unbranched alkanes of at least 4 members (excludes halogenated alkanes) is 6. The van der Waals surface area contributed by atoms with Crippen molar-refractivity contribution < 1.29 is 17.0 Å². The lowest BCUT2D eigenvalue weighted by Gasteiger charge is -2.27. The third-order valence-corrected chi connectivity index (χ3v) is 10.4. The minimum Gasteiger partial charge on any atom is -1.00 e. The lowest BCUT2D eigenvalue weighted by atomic mass is 10.1. The van der Waals surface area contributed by atoms with Gasteiger partial charge in [0.25, 0.3) is 0 Å². The van der Waals surface area contributed by atoms with E-state index in [0.29, 0.717) is 6.54 Å². The molecule has 0 spiro atoms. The Labute approximate surface area is 204 Å². The molecule has 3 aromatic carbocycles. The van der Waals surface area contributed by atoms with E-state index in [0.717, 1.165) is 12.8 Å². The number of rotatable bonds is 13. The Morgan fingerprint density at radius 2 is 0.938 bits per heavy atom. The zero-order valence-corrected chi connectivity index (χ0v) is 21.2. The fraction of sp³-hybridized carbons (Fsp3) is 0.333. The van der Waals surface area contributed by atoms with Gasteiger partial charge in [0.05, 0.1) is 6.16 Å². The summed E-state index contributed by atoms with van der Waals surface area (Å²) in [6.45, 7) is 0.634. The Morgan fingerprint density at radius 1 is 0.562 bits per heavy atom. The minimum absolute atomic E-state index is 0. The van der Waals surface area contributed by atoms with Gasteiger partial charge in [0.2, 0.25) is 0 Å². The normalized spacial score (nSPS) is 10.8. The Morgan fingerprint density at radius 3 is 1.34 bits per heavy atom. The van der Waals surface area contributed by atoms with Gasteiger partial charge >= 0.3 is 0 Å². The van der Waals surface area contributed by atoms with Crippen LogP contribution in [0.15, 0.2) is 96.1 Å². The summed E-state index contributed by atoms with van der Waals surface area (Å²) in [7, 11) is -1.67. The quantitative estimate of drug-likeness (QED) is 0.110. The minimum atomic E-state index is -1.67. The highest BCUT2D eigenvalue weighted by Crippen LogP contribution is 2.55. The van der Waals surface area contributed by atoms with Crippen molar-refractivity contribution in [2.75, 3.05) is 12.7 Å². The third-order valence-electron chi connectivity index (χ3n) is 5.91. The van der Waals surface area contributed by atoms with Gasteiger partial charge < -0.3 is 17.0 Å². The van der Waals surface area contributed by atoms with Crippen LogP contribution < -0.4 is 32.9 Å². The summed E-state index contributed by atoms with van der Waals surface area (Å²) in [5, 5.41) is 8.05. The zero-order valence-electron chi connectivity index (χ0n) is 18.7. The summed E-state index contributed by atoms with van der Waals surface area (Å²) in [6, 6.07) is 33.5. The third kappa shape index (κ3) is 7.20. The van der Waals surface area contributed by atoms with Gasteiger partial charge in [0, 0.05) is 11.5 Å². The lowest BCUT2D eigenvalue weighted by Crippen LogP contribution is -3.00.